The number of benzene rings is 3. The SMILES string of the molecule is CCCOc1ccc2c(c1OC)CC(C(=O)O)(c1ccccc1OCc1ccncc1)C2c1ccc2c(c1)OCO2. The Kier molecular flexibility index (Phi) is 7.14. The van der Waals surface area contributed by atoms with Crippen LogP contribution in [-0.2, 0) is 23.2 Å². The normalized spacial score (nSPS) is 18.5. The monoisotopic (exact) mass is 553 g/mol. The molecule has 2 atom stereocenters. The van der Waals surface area contributed by atoms with Crippen LogP contribution in [0.2, 0.25) is 0 Å². The van der Waals surface area contributed by atoms with Gasteiger partial charge in [-0.05, 0) is 65.9 Å². The minimum atomic E-state index is -1.42. The van der Waals surface area contributed by atoms with Crippen molar-refractivity contribution >= 4 is 5.97 Å². The van der Waals surface area contributed by atoms with Gasteiger partial charge in [-0.2, -0.15) is 0 Å². The molecular formula is C33H31NO7. The Bertz CT molecular complexity index is 1570. The average molecular weight is 554 g/mol. The van der Waals surface area contributed by atoms with Gasteiger partial charge in [0, 0.05) is 29.4 Å². The first-order chi connectivity index (χ1) is 20.1. The highest BCUT2D eigenvalue weighted by molar-refractivity contribution is 5.88. The molecule has 8 heteroatoms. The number of pyridine rings is 1. The van der Waals surface area contributed by atoms with Crippen LogP contribution in [0.4, 0.5) is 0 Å². The molecule has 0 saturated carbocycles. The van der Waals surface area contributed by atoms with Crippen LogP contribution < -0.4 is 23.7 Å². The van der Waals surface area contributed by atoms with Gasteiger partial charge < -0.3 is 28.8 Å². The van der Waals surface area contributed by atoms with Gasteiger partial charge in [-0.3, -0.25) is 9.78 Å². The number of carboxylic acids is 1. The third-order valence-electron chi connectivity index (χ3n) is 7.81. The molecular weight excluding hydrogens is 522 g/mol. The van der Waals surface area contributed by atoms with Crippen molar-refractivity contribution in [2.75, 3.05) is 20.5 Å². The van der Waals surface area contributed by atoms with E-state index < -0.39 is 17.3 Å². The fourth-order valence-corrected chi connectivity index (χ4v) is 5.99. The van der Waals surface area contributed by atoms with E-state index in [1.54, 1.807) is 19.5 Å². The van der Waals surface area contributed by atoms with Gasteiger partial charge in [-0.25, -0.2) is 0 Å². The van der Waals surface area contributed by atoms with Crippen LogP contribution in [0.15, 0.2) is 79.1 Å². The van der Waals surface area contributed by atoms with Crippen molar-refractivity contribution in [3.8, 4) is 28.7 Å². The first kappa shape index (κ1) is 26.5. The summed E-state index contributed by atoms with van der Waals surface area (Å²) in [7, 11) is 1.59. The van der Waals surface area contributed by atoms with Crippen molar-refractivity contribution in [2.24, 2.45) is 0 Å². The number of hydrogen-bond acceptors (Lipinski definition) is 7. The lowest BCUT2D eigenvalue weighted by Crippen LogP contribution is -2.41. The maximum atomic E-state index is 13.7. The van der Waals surface area contributed by atoms with Gasteiger partial charge >= 0.3 is 5.97 Å². The molecule has 210 valence electrons. The van der Waals surface area contributed by atoms with Gasteiger partial charge in [0.15, 0.2) is 23.0 Å². The molecule has 41 heavy (non-hydrogen) atoms. The van der Waals surface area contributed by atoms with E-state index in [0.29, 0.717) is 40.9 Å². The fraction of sp³-hybridized carbons (Fsp3) is 0.273. The minimum absolute atomic E-state index is 0.127. The lowest BCUT2D eigenvalue weighted by Gasteiger charge is -2.34. The lowest BCUT2D eigenvalue weighted by atomic mass is 9.67. The third kappa shape index (κ3) is 4.59. The second-order valence-electron chi connectivity index (χ2n) is 10.2. The molecule has 0 radical (unpaired) electrons. The summed E-state index contributed by atoms with van der Waals surface area (Å²) in [6.07, 6.45) is 4.42. The summed E-state index contributed by atoms with van der Waals surface area (Å²) in [5.74, 6) is 1.34. The van der Waals surface area contributed by atoms with Gasteiger partial charge in [-0.1, -0.05) is 37.3 Å². The van der Waals surface area contributed by atoms with Gasteiger partial charge in [0.25, 0.3) is 0 Å². The Hall–Kier alpha value is -4.72. The number of aromatic nitrogens is 1. The Morgan fingerprint density at radius 1 is 1.00 bits per heavy atom. The van der Waals surface area contributed by atoms with Crippen LogP contribution in [0.1, 0.15) is 47.1 Å². The largest absolute Gasteiger partial charge is 0.493 e. The molecule has 2 heterocycles. The lowest BCUT2D eigenvalue weighted by molar-refractivity contribution is -0.144. The van der Waals surface area contributed by atoms with Gasteiger partial charge in [-0.15, -0.1) is 0 Å². The van der Waals surface area contributed by atoms with Crippen molar-refractivity contribution < 1.29 is 33.6 Å². The van der Waals surface area contributed by atoms with E-state index in [4.69, 9.17) is 23.7 Å². The quantitative estimate of drug-likeness (QED) is 0.259. The van der Waals surface area contributed by atoms with Crippen LogP contribution in [0, 0.1) is 0 Å². The molecule has 1 aromatic heterocycles. The third-order valence-corrected chi connectivity index (χ3v) is 7.81. The Morgan fingerprint density at radius 2 is 1.80 bits per heavy atom. The van der Waals surface area contributed by atoms with Crippen molar-refractivity contribution in [1.29, 1.82) is 0 Å². The van der Waals surface area contributed by atoms with Gasteiger partial charge in [0.2, 0.25) is 6.79 Å². The van der Waals surface area contributed by atoms with Crippen molar-refractivity contribution in [3.63, 3.8) is 0 Å². The second kappa shape index (κ2) is 11.0. The van der Waals surface area contributed by atoms with E-state index in [1.807, 2.05) is 73.7 Å². The van der Waals surface area contributed by atoms with E-state index in [9.17, 15) is 9.90 Å². The molecule has 4 aromatic rings. The van der Waals surface area contributed by atoms with Crippen molar-refractivity contribution in [3.05, 3.63) is 107 Å². The van der Waals surface area contributed by atoms with Crippen LogP contribution in [-0.4, -0.2) is 36.6 Å². The number of ether oxygens (including phenoxy) is 5. The minimum Gasteiger partial charge on any atom is -0.493 e. The number of hydrogen-bond donors (Lipinski definition) is 1. The molecule has 8 nitrogen and oxygen atoms in total. The summed E-state index contributed by atoms with van der Waals surface area (Å²) in [4.78, 5) is 17.8. The number of carboxylic acid groups (broad SMARTS) is 1. The summed E-state index contributed by atoms with van der Waals surface area (Å²) in [5.41, 5.74) is 2.55. The van der Waals surface area contributed by atoms with Gasteiger partial charge in [0.1, 0.15) is 17.8 Å². The smallest absolute Gasteiger partial charge is 0.315 e. The molecule has 1 N–H and O–H groups in total. The molecule has 0 amide bonds. The summed E-state index contributed by atoms with van der Waals surface area (Å²) >= 11 is 0. The summed E-state index contributed by atoms with van der Waals surface area (Å²) in [6.45, 7) is 2.96. The molecule has 2 aliphatic rings. The average Bonchev–Trinajstić information content (AvgIpc) is 3.62. The highest BCUT2D eigenvalue weighted by atomic mass is 16.7. The number of methoxy groups -OCH3 is 1. The van der Waals surface area contributed by atoms with Gasteiger partial charge in [0.05, 0.1) is 13.7 Å². The molecule has 0 spiro atoms. The molecule has 1 aliphatic heterocycles. The highest BCUT2D eigenvalue weighted by Gasteiger charge is 2.56. The first-order valence-corrected chi connectivity index (χ1v) is 13.6. The molecule has 2 unspecified atom stereocenters. The molecule has 0 bridgehead atoms. The highest BCUT2D eigenvalue weighted by Crippen LogP contribution is 2.58. The summed E-state index contributed by atoms with van der Waals surface area (Å²) < 4.78 is 29.5. The van der Waals surface area contributed by atoms with Crippen LogP contribution >= 0.6 is 0 Å². The second-order valence-corrected chi connectivity index (χ2v) is 10.2. The van der Waals surface area contributed by atoms with E-state index in [-0.39, 0.29) is 19.8 Å². The molecule has 0 saturated heterocycles. The van der Waals surface area contributed by atoms with E-state index in [2.05, 4.69) is 4.98 Å². The molecule has 1 aliphatic carbocycles. The Morgan fingerprint density at radius 3 is 2.59 bits per heavy atom. The summed E-state index contributed by atoms with van der Waals surface area (Å²) in [6, 6.07) is 20.6. The van der Waals surface area contributed by atoms with Crippen molar-refractivity contribution in [2.45, 2.75) is 37.7 Å². The zero-order valence-corrected chi connectivity index (χ0v) is 23.0. The first-order valence-electron chi connectivity index (χ1n) is 13.6. The number of fused-ring (bicyclic) bond motifs is 2. The van der Waals surface area contributed by atoms with E-state index in [1.165, 1.54) is 0 Å². The number of nitrogens with zero attached hydrogens (tertiary/aromatic N) is 1. The predicted molar refractivity (Wildman–Crippen MR) is 151 cm³/mol. The number of para-hydroxylation sites is 1. The van der Waals surface area contributed by atoms with Crippen LogP contribution in [0.3, 0.4) is 0 Å². The molecule has 6 rings (SSSR count). The van der Waals surface area contributed by atoms with Crippen LogP contribution in [0.25, 0.3) is 0 Å². The molecule has 3 aromatic carbocycles. The predicted octanol–water partition coefficient (Wildman–Crippen LogP) is 5.90. The van der Waals surface area contributed by atoms with E-state index in [0.717, 1.165) is 28.7 Å². The fourth-order valence-electron chi connectivity index (χ4n) is 5.99. The Balaban J connectivity index is 1.54. The number of aliphatic carboxylic acids is 1. The zero-order valence-electron chi connectivity index (χ0n) is 23.0. The number of carbonyl (C=O) groups is 1. The standard InChI is InChI=1S/C33H31NO7/c1-3-16-38-28-11-9-23-24(31(28)37-2)18-33(32(35)36,30(23)22-8-10-27-29(17-22)41-20-40-27)25-6-4-5-7-26(25)39-19-21-12-14-34-15-13-21/h4-15,17,30H,3,16,18-20H2,1-2H3,(H,35,36). The maximum absolute atomic E-state index is 13.7. The zero-order chi connectivity index (χ0) is 28.4. The van der Waals surface area contributed by atoms with Crippen molar-refractivity contribution in [1.82, 2.24) is 4.98 Å². The van der Waals surface area contributed by atoms with E-state index >= 15 is 0 Å². The molecule has 0 fully saturated rings. The topological polar surface area (TPSA) is 96.3 Å². The van der Waals surface area contributed by atoms with Crippen LogP contribution in [0.5, 0.6) is 28.7 Å². The number of rotatable bonds is 10. The summed E-state index contributed by atoms with van der Waals surface area (Å²) in [5, 5.41) is 11.2. The Labute approximate surface area is 238 Å². The maximum Gasteiger partial charge on any atom is 0.315 e.